The molecule has 0 unspecified atom stereocenters. The molecule has 0 aromatic carbocycles. The van der Waals surface area contributed by atoms with Gasteiger partial charge in [0.05, 0.1) is 24.2 Å². The van der Waals surface area contributed by atoms with Gasteiger partial charge in [0.1, 0.15) is 0 Å². The van der Waals surface area contributed by atoms with E-state index >= 15 is 0 Å². The zero-order valence-corrected chi connectivity index (χ0v) is 12.5. The molecule has 2 rings (SSSR count). The first-order valence-corrected chi connectivity index (χ1v) is 7.52. The largest absolute Gasteiger partial charge is 0.392 e. The van der Waals surface area contributed by atoms with Crippen LogP contribution < -0.4 is 0 Å². The van der Waals surface area contributed by atoms with Crippen molar-refractivity contribution in [3.05, 3.63) is 11.1 Å². The number of ketones is 1. The Balaban J connectivity index is 2.28. The van der Waals surface area contributed by atoms with Crippen molar-refractivity contribution in [1.29, 1.82) is 0 Å². The third-order valence-electron chi connectivity index (χ3n) is 5.18. The van der Waals surface area contributed by atoms with Crippen LogP contribution in [0.2, 0.25) is 0 Å². The van der Waals surface area contributed by atoms with Crippen LogP contribution in [0, 0.1) is 11.3 Å². The van der Waals surface area contributed by atoms with Crippen molar-refractivity contribution >= 4 is 5.78 Å². The lowest BCUT2D eigenvalue weighted by molar-refractivity contribution is -0.126. The number of aliphatic hydroxyl groups is 1. The summed E-state index contributed by atoms with van der Waals surface area (Å²) in [6.45, 7) is 8.73. The van der Waals surface area contributed by atoms with Crippen molar-refractivity contribution in [3.63, 3.8) is 0 Å². The van der Waals surface area contributed by atoms with Crippen LogP contribution in [0.15, 0.2) is 11.1 Å². The first-order chi connectivity index (χ1) is 8.95. The topological polar surface area (TPSA) is 46.5 Å². The molecule has 0 aromatic rings. The van der Waals surface area contributed by atoms with E-state index in [9.17, 15) is 9.90 Å². The van der Waals surface area contributed by atoms with Crippen molar-refractivity contribution in [1.82, 2.24) is 0 Å². The monoisotopic (exact) mass is 266 g/mol. The minimum Gasteiger partial charge on any atom is -0.392 e. The molecule has 2 aliphatic rings. The summed E-state index contributed by atoms with van der Waals surface area (Å²) in [5.41, 5.74) is 1.40. The molecule has 1 saturated heterocycles. The molecule has 19 heavy (non-hydrogen) atoms. The molecule has 108 valence electrons. The first kappa shape index (κ1) is 14.7. The number of rotatable bonds is 3. The SMILES string of the molecule is CCC[C@@H]1OC/C(=C2/C[C@H](O)[C@@](C)(CC)C2=O)[C@@H]1C. The van der Waals surface area contributed by atoms with E-state index in [1.54, 1.807) is 0 Å². The van der Waals surface area contributed by atoms with Gasteiger partial charge in [-0.2, -0.15) is 0 Å². The van der Waals surface area contributed by atoms with E-state index in [1.807, 2.05) is 13.8 Å². The maximum atomic E-state index is 12.6. The highest BCUT2D eigenvalue weighted by Gasteiger charge is 2.49. The summed E-state index contributed by atoms with van der Waals surface area (Å²) in [7, 11) is 0. The molecule has 3 heteroatoms. The quantitative estimate of drug-likeness (QED) is 0.799. The Morgan fingerprint density at radius 3 is 2.63 bits per heavy atom. The van der Waals surface area contributed by atoms with Crippen molar-refractivity contribution in [2.45, 2.75) is 65.6 Å². The zero-order chi connectivity index (χ0) is 14.2. The van der Waals surface area contributed by atoms with Crippen molar-refractivity contribution in [2.24, 2.45) is 11.3 Å². The Morgan fingerprint density at radius 2 is 2.11 bits per heavy atom. The van der Waals surface area contributed by atoms with Gasteiger partial charge >= 0.3 is 0 Å². The Morgan fingerprint density at radius 1 is 1.42 bits per heavy atom. The molecule has 2 fully saturated rings. The highest BCUT2D eigenvalue weighted by molar-refractivity contribution is 6.03. The average molecular weight is 266 g/mol. The molecule has 1 aliphatic heterocycles. The van der Waals surface area contributed by atoms with Gasteiger partial charge in [-0.05, 0) is 25.3 Å². The van der Waals surface area contributed by atoms with Crippen LogP contribution in [-0.2, 0) is 9.53 Å². The Bertz CT molecular complexity index is 399. The fourth-order valence-corrected chi connectivity index (χ4v) is 3.36. The van der Waals surface area contributed by atoms with Crippen LogP contribution in [-0.4, -0.2) is 29.7 Å². The van der Waals surface area contributed by atoms with Crippen LogP contribution in [0.1, 0.15) is 53.4 Å². The van der Waals surface area contributed by atoms with Crippen molar-refractivity contribution in [2.75, 3.05) is 6.61 Å². The number of aliphatic hydroxyl groups excluding tert-OH is 1. The summed E-state index contributed by atoms with van der Waals surface area (Å²) in [6.07, 6.45) is 3.04. The summed E-state index contributed by atoms with van der Waals surface area (Å²) in [6, 6.07) is 0. The summed E-state index contributed by atoms with van der Waals surface area (Å²) in [5.74, 6) is 0.454. The van der Waals surface area contributed by atoms with Crippen molar-refractivity contribution < 1.29 is 14.6 Å². The predicted octanol–water partition coefficient (Wildman–Crippen LogP) is 2.87. The van der Waals surface area contributed by atoms with E-state index < -0.39 is 11.5 Å². The van der Waals surface area contributed by atoms with Gasteiger partial charge in [0.15, 0.2) is 5.78 Å². The van der Waals surface area contributed by atoms with Gasteiger partial charge in [0, 0.05) is 17.9 Å². The van der Waals surface area contributed by atoms with Gasteiger partial charge in [-0.25, -0.2) is 0 Å². The minimum absolute atomic E-state index is 0.144. The van der Waals surface area contributed by atoms with Gasteiger partial charge in [0.25, 0.3) is 0 Å². The second kappa shape index (κ2) is 5.37. The van der Waals surface area contributed by atoms with Gasteiger partial charge in [-0.1, -0.05) is 27.2 Å². The summed E-state index contributed by atoms with van der Waals surface area (Å²) >= 11 is 0. The second-order valence-electron chi connectivity index (χ2n) is 6.25. The van der Waals surface area contributed by atoms with Gasteiger partial charge in [-0.15, -0.1) is 0 Å². The second-order valence-corrected chi connectivity index (χ2v) is 6.25. The number of hydrogen-bond acceptors (Lipinski definition) is 3. The molecule has 0 amide bonds. The lowest BCUT2D eigenvalue weighted by Crippen LogP contribution is -2.32. The molecule has 0 spiro atoms. The van der Waals surface area contributed by atoms with Gasteiger partial charge in [-0.3, -0.25) is 4.79 Å². The fourth-order valence-electron chi connectivity index (χ4n) is 3.36. The smallest absolute Gasteiger partial charge is 0.167 e. The maximum Gasteiger partial charge on any atom is 0.167 e. The first-order valence-electron chi connectivity index (χ1n) is 7.52. The van der Waals surface area contributed by atoms with E-state index in [0.29, 0.717) is 25.4 Å². The van der Waals surface area contributed by atoms with Crippen LogP contribution in [0.3, 0.4) is 0 Å². The zero-order valence-electron chi connectivity index (χ0n) is 12.5. The normalized spacial score (nSPS) is 43.2. The van der Waals surface area contributed by atoms with E-state index in [2.05, 4.69) is 13.8 Å². The molecule has 1 heterocycles. The van der Waals surface area contributed by atoms with E-state index in [0.717, 1.165) is 24.0 Å². The minimum atomic E-state index is -0.592. The molecule has 1 aliphatic carbocycles. The number of carbonyl (C=O) groups excluding carboxylic acids is 1. The lowest BCUT2D eigenvalue weighted by Gasteiger charge is -2.23. The maximum absolute atomic E-state index is 12.6. The molecule has 3 nitrogen and oxygen atoms in total. The number of Topliss-reactive ketones (excluding diaryl/α,β-unsaturated/α-hetero) is 1. The molecule has 1 N–H and O–H groups in total. The van der Waals surface area contributed by atoms with Crippen LogP contribution in [0.4, 0.5) is 0 Å². The summed E-state index contributed by atoms with van der Waals surface area (Å²) < 4.78 is 5.82. The lowest BCUT2D eigenvalue weighted by atomic mass is 9.82. The van der Waals surface area contributed by atoms with Gasteiger partial charge in [0.2, 0.25) is 0 Å². The molecular formula is C16H26O3. The predicted molar refractivity (Wildman–Crippen MR) is 74.9 cm³/mol. The Labute approximate surface area is 116 Å². The number of ether oxygens (including phenoxy) is 1. The molecule has 1 saturated carbocycles. The molecular weight excluding hydrogens is 240 g/mol. The molecule has 0 radical (unpaired) electrons. The van der Waals surface area contributed by atoms with Gasteiger partial charge < -0.3 is 9.84 Å². The van der Waals surface area contributed by atoms with Crippen LogP contribution >= 0.6 is 0 Å². The number of carbonyl (C=O) groups is 1. The third-order valence-corrected chi connectivity index (χ3v) is 5.18. The van der Waals surface area contributed by atoms with E-state index in [4.69, 9.17) is 4.74 Å². The highest BCUT2D eigenvalue weighted by Crippen LogP contribution is 2.44. The third kappa shape index (κ3) is 2.27. The van der Waals surface area contributed by atoms with Crippen LogP contribution in [0.25, 0.3) is 0 Å². The molecule has 0 aromatic heterocycles. The van der Waals surface area contributed by atoms with Crippen molar-refractivity contribution in [3.8, 4) is 0 Å². The summed E-state index contributed by atoms with van der Waals surface area (Å²) in [4.78, 5) is 12.6. The molecule has 4 atom stereocenters. The Kier molecular flexibility index (Phi) is 4.17. The summed E-state index contributed by atoms with van der Waals surface area (Å²) in [5, 5.41) is 10.2. The van der Waals surface area contributed by atoms with E-state index in [1.165, 1.54) is 0 Å². The standard InChI is InChI=1S/C16H26O3/c1-5-7-13-10(3)12(9-19-13)11-8-14(17)16(4,6-2)15(11)18/h10,13-14,17H,5-9H2,1-4H3/b12-11+/t10-,13-,14-,16+/m0/s1. The van der Waals surface area contributed by atoms with Crippen LogP contribution in [0.5, 0.6) is 0 Å². The highest BCUT2D eigenvalue weighted by atomic mass is 16.5. The average Bonchev–Trinajstić information content (AvgIpc) is 2.85. The van der Waals surface area contributed by atoms with E-state index in [-0.39, 0.29) is 11.9 Å². The number of hydrogen-bond donors (Lipinski definition) is 1. The molecule has 0 bridgehead atoms. The Hall–Kier alpha value is -0.670. The fraction of sp³-hybridized carbons (Fsp3) is 0.812.